The van der Waals surface area contributed by atoms with Crippen LogP contribution in [0.4, 0.5) is 0 Å². The Hall–Kier alpha value is -0.920. The van der Waals surface area contributed by atoms with E-state index in [0.717, 1.165) is 45.3 Å². The van der Waals surface area contributed by atoms with Crippen LogP contribution in [0.25, 0.3) is 0 Å². The number of aryl methyl sites for hydroxylation is 1. The highest BCUT2D eigenvalue weighted by Gasteiger charge is 2.19. The van der Waals surface area contributed by atoms with Crippen LogP contribution in [0.15, 0.2) is 17.3 Å². The van der Waals surface area contributed by atoms with Crippen molar-refractivity contribution in [3.8, 4) is 0 Å². The Bertz CT molecular complexity index is 495. The maximum absolute atomic E-state index is 12.2. The first-order valence-electron chi connectivity index (χ1n) is 7.79. The predicted octanol–water partition coefficient (Wildman–Crippen LogP) is 1.74. The van der Waals surface area contributed by atoms with Crippen LogP contribution in [0.1, 0.15) is 46.5 Å². The van der Waals surface area contributed by atoms with E-state index in [0.29, 0.717) is 0 Å². The van der Waals surface area contributed by atoms with Gasteiger partial charge in [0, 0.05) is 18.8 Å². The first-order chi connectivity index (χ1) is 10.0. The summed E-state index contributed by atoms with van der Waals surface area (Å²) in [6, 6.07) is -0.0170. The minimum absolute atomic E-state index is 0.0170. The predicted molar refractivity (Wildman–Crippen MR) is 84.7 cm³/mol. The molecule has 0 spiro atoms. The van der Waals surface area contributed by atoms with Crippen molar-refractivity contribution < 1.29 is 8.42 Å². The van der Waals surface area contributed by atoms with Gasteiger partial charge in [0.15, 0.2) is 0 Å². The zero-order chi connectivity index (χ0) is 15.7. The third-order valence-electron chi connectivity index (χ3n) is 3.39. The first-order valence-corrected chi connectivity index (χ1v) is 9.27. The zero-order valence-corrected chi connectivity index (χ0v) is 14.1. The number of aromatic nitrogens is 2. The van der Waals surface area contributed by atoms with E-state index in [1.165, 1.54) is 6.20 Å². The van der Waals surface area contributed by atoms with Gasteiger partial charge in [-0.2, -0.15) is 5.10 Å². The summed E-state index contributed by atoms with van der Waals surface area (Å²) in [5.41, 5.74) is 0. The van der Waals surface area contributed by atoms with E-state index >= 15 is 0 Å². The minimum Gasteiger partial charge on any atom is -0.317 e. The Morgan fingerprint density at radius 3 is 2.57 bits per heavy atom. The van der Waals surface area contributed by atoms with Crippen molar-refractivity contribution in [1.29, 1.82) is 0 Å². The van der Waals surface area contributed by atoms with Gasteiger partial charge in [0.05, 0.1) is 6.20 Å². The monoisotopic (exact) mass is 316 g/mol. The summed E-state index contributed by atoms with van der Waals surface area (Å²) in [4.78, 5) is 0.246. The number of sulfonamides is 1. The second-order valence-electron chi connectivity index (χ2n) is 5.18. The molecule has 0 saturated carbocycles. The topological polar surface area (TPSA) is 76.0 Å². The van der Waals surface area contributed by atoms with Gasteiger partial charge in [-0.3, -0.25) is 4.68 Å². The highest BCUT2D eigenvalue weighted by atomic mass is 32.2. The first kappa shape index (κ1) is 18.1. The van der Waals surface area contributed by atoms with E-state index in [2.05, 4.69) is 22.1 Å². The van der Waals surface area contributed by atoms with E-state index in [-0.39, 0.29) is 10.9 Å². The van der Waals surface area contributed by atoms with E-state index in [9.17, 15) is 8.42 Å². The molecule has 0 bridgehead atoms. The van der Waals surface area contributed by atoms with Crippen LogP contribution >= 0.6 is 0 Å². The van der Waals surface area contributed by atoms with Crippen molar-refractivity contribution in [2.75, 3.05) is 13.1 Å². The van der Waals surface area contributed by atoms with Gasteiger partial charge < -0.3 is 5.32 Å². The van der Waals surface area contributed by atoms with Crippen LogP contribution in [0.2, 0.25) is 0 Å². The third kappa shape index (κ3) is 6.15. The van der Waals surface area contributed by atoms with Gasteiger partial charge in [-0.05, 0) is 38.8 Å². The molecule has 0 aliphatic rings. The Kier molecular flexibility index (Phi) is 7.92. The van der Waals surface area contributed by atoms with E-state index in [1.807, 2.05) is 13.8 Å². The van der Waals surface area contributed by atoms with E-state index in [1.54, 1.807) is 10.9 Å². The van der Waals surface area contributed by atoms with Crippen molar-refractivity contribution in [2.24, 2.45) is 0 Å². The summed E-state index contributed by atoms with van der Waals surface area (Å²) in [6.45, 7) is 8.73. The third-order valence-corrected chi connectivity index (χ3v) is 4.87. The Balaban J connectivity index is 2.53. The van der Waals surface area contributed by atoms with Crippen LogP contribution in [0.3, 0.4) is 0 Å². The van der Waals surface area contributed by atoms with Crippen LogP contribution < -0.4 is 10.0 Å². The second-order valence-corrected chi connectivity index (χ2v) is 6.89. The fourth-order valence-corrected chi connectivity index (χ4v) is 3.37. The average molecular weight is 316 g/mol. The number of nitrogens with one attached hydrogen (secondary N) is 2. The van der Waals surface area contributed by atoms with Gasteiger partial charge in [-0.25, -0.2) is 13.1 Å². The van der Waals surface area contributed by atoms with Gasteiger partial charge in [0.1, 0.15) is 4.90 Å². The lowest BCUT2D eigenvalue weighted by Crippen LogP contribution is -2.33. The van der Waals surface area contributed by atoms with Crippen LogP contribution in [0.5, 0.6) is 0 Å². The largest absolute Gasteiger partial charge is 0.317 e. The molecule has 122 valence electrons. The summed E-state index contributed by atoms with van der Waals surface area (Å²) >= 11 is 0. The Morgan fingerprint density at radius 2 is 1.95 bits per heavy atom. The summed E-state index contributed by atoms with van der Waals surface area (Å²) in [7, 11) is -3.45. The van der Waals surface area contributed by atoms with Crippen molar-refractivity contribution in [3.05, 3.63) is 12.4 Å². The van der Waals surface area contributed by atoms with Crippen molar-refractivity contribution in [2.45, 2.75) is 63.9 Å². The maximum atomic E-state index is 12.2. The molecule has 0 unspecified atom stereocenters. The molecule has 7 heteroatoms. The lowest BCUT2D eigenvalue weighted by molar-refractivity contribution is 0.528. The molecule has 0 saturated heterocycles. The fraction of sp³-hybridized carbons (Fsp3) is 0.786. The van der Waals surface area contributed by atoms with Gasteiger partial charge in [-0.1, -0.05) is 20.8 Å². The average Bonchev–Trinajstić information content (AvgIpc) is 2.94. The number of hydrogen-bond acceptors (Lipinski definition) is 4. The van der Waals surface area contributed by atoms with E-state index in [4.69, 9.17) is 0 Å². The molecule has 0 atom stereocenters. The SMILES string of the molecule is CCCNCCCn1cc(S(=O)(=O)NC(CC)CC)cn1. The van der Waals surface area contributed by atoms with Gasteiger partial charge in [0.2, 0.25) is 10.0 Å². The molecule has 2 N–H and O–H groups in total. The summed E-state index contributed by atoms with van der Waals surface area (Å²) < 4.78 is 28.8. The molecule has 0 aliphatic heterocycles. The molecule has 6 nitrogen and oxygen atoms in total. The molecule has 1 heterocycles. The van der Waals surface area contributed by atoms with Crippen LogP contribution in [-0.4, -0.2) is 37.3 Å². The molecule has 1 aromatic rings. The lowest BCUT2D eigenvalue weighted by Gasteiger charge is -2.13. The molecule has 0 amide bonds. The second kappa shape index (κ2) is 9.17. The molecule has 0 radical (unpaired) electrons. The smallest absolute Gasteiger partial charge is 0.243 e. The number of hydrogen-bond donors (Lipinski definition) is 2. The van der Waals surface area contributed by atoms with Crippen LogP contribution in [-0.2, 0) is 16.6 Å². The molecular formula is C14H28N4O2S. The maximum Gasteiger partial charge on any atom is 0.243 e. The van der Waals surface area contributed by atoms with Crippen molar-refractivity contribution in [3.63, 3.8) is 0 Å². The van der Waals surface area contributed by atoms with E-state index < -0.39 is 10.0 Å². The van der Waals surface area contributed by atoms with Gasteiger partial charge in [0.25, 0.3) is 0 Å². The Morgan fingerprint density at radius 1 is 1.24 bits per heavy atom. The highest BCUT2D eigenvalue weighted by molar-refractivity contribution is 7.89. The summed E-state index contributed by atoms with van der Waals surface area (Å²) in [5.74, 6) is 0. The quantitative estimate of drug-likeness (QED) is 0.610. The van der Waals surface area contributed by atoms with Gasteiger partial charge in [-0.15, -0.1) is 0 Å². The zero-order valence-electron chi connectivity index (χ0n) is 13.3. The van der Waals surface area contributed by atoms with Crippen molar-refractivity contribution in [1.82, 2.24) is 19.8 Å². The lowest BCUT2D eigenvalue weighted by atomic mass is 10.2. The summed E-state index contributed by atoms with van der Waals surface area (Å²) in [5, 5.41) is 7.44. The molecule has 0 fully saturated rings. The van der Waals surface area contributed by atoms with Gasteiger partial charge >= 0.3 is 0 Å². The number of rotatable bonds is 11. The van der Waals surface area contributed by atoms with Crippen LogP contribution in [0, 0.1) is 0 Å². The fourth-order valence-electron chi connectivity index (χ4n) is 2.02. The highest BCUT2D eigenvalue weighted by Crippen LogP contribution is 2.10. The van der Waals surface area contributed by atoms with Crippen molar-refractivity contribution >= 4 is 10.0 Å². The molecular weight excluding hydrogens is 288 g/mol. The normalized spacial score (nSPS) is 12.2. The standard InChI is InChI=1S/C14H28N4O2S/c1-4-8-15-9-7-10-18-12-14(11-16-18)21(19,20)17-13(5-2)6-3/h11-13,15,17H,4-10H2,1-3H3. The minimum atomic E-state index is -3.45. The molecule has 0 aromatic carbocycles. The molecule has 1 rings (SSSR count). The molecule has 0 aliphatic carbocycles. The Labute approximate surface area is 128 Å². The summed E-state index contributed by atoms with van der Waals surface area (Å²) in [6.07, 6.45) is 6.64. The number of nitrogens with zero attached hydrogens (tertiary/aromatic N) is 2. The molecule has 1 aromatic heterocycles. The molecule has 21 heavy (non-hydrogen) atoms.